The molecular weight excluding hydrogens is 696 g/mol. The van der Waals surface area contributed by atoms with Crippen molar-refractivity contribution < 1.29 is 58.1 Å². The van der Waals surface area contributed by atoms with E-state index in [9.17, 15) is 29.7 Å². The first-order valence-corrected chi connectivity index (χ1v) is 19.1. The minimum absolute atomic E-state index is 0.0457. The standard InChI is InChI=1S/C42H60O12/c1-8-9-10-11-12-13-37(45)53-40-29(21-38(46)49-7)20-35-25-36(28(4)43)52-39(47)23-30(44)22-32-17-27(3)19-34(51-32)24-33-18-26(2)16-31(50-33)14-15-41(5,6)42(40,48)54-35/h10-15,21,28,30-36,40,43-44,48H,2-3,8-9,16-20,22-25H2,1,4-7H3/b11-10+,13-12+,15-14+,29-21+/t28-,30-,31+,32?,33+,34-,35+,36-,40+,42-/m1/s1. The number of carbonyl (C=O) groups excluding carboxylic acids is 3. The average Bonchev–Trinajstić information content (AvgIpc) is 3.07. The summed E-state index contributed by atoms with van der Waals surface area (Å²) in [7, 11) is 1.21. The van der Waals surface area contributed by atoms with Crippen molar-refractivity contribution in [1.82, 2.24) is 0 Å². The molecule has 6 bridgehead atoms. The molecule has 300 valence electrons. The first kappa shape index (κ1) is 43.3. The second-order valence-corrected chi connectivity index (χ2v) is 15.7. The Balaban J connectivity index is 1.77. The van der Waals surface area contributed by atoms with Crippen molar-refractivity contribution in [3.8, 4) is 0 Å². The number of aliphatic hydroxyl groups excluding tert-OH is 2. The molecule has 10 atom stereocenters. The zero-order valence-corrected chi connectivity index (χ0v) is 32.4. The molecular formula is C42H60O12. The second-order valence-electron chi connectivity index (χ2n) is 15.7. The summed E-state index contributed by atoms with van der Waals surface area (Å²) in [5.41, 5.74) is 0.879. The smallest absolute Gasteiger partial charge is 0.331 e. The van der Waals surface area contributed by atoms with Gasteiger partial charge in [-0.05, 0) is 51.0 Å². The molecule has 12 heteroatoms. The molecule has 0 saturated carbocycles. The van der Waals surface area contributed by atoms with Crippen LogP contribution in [0, 0.1) is 5.41 Å². The van der Waals surface area contributed by atoms with E-state index < -0.39 is 65.7 Å². The van der Waals surface area contributed by atoms with Gasteiger partial charge in [0.05, 0.1) is 56.3 Å². The van der Waals surface area contributed by atoms with E-state index in [1.165, 1.54) is 26.2 Å². The van der Waals surface area contributed by atoms with Gasteiger partial charge in [-0.2, -0.15) is 0 Å². The summed E-state index contributed by atoms with van der Waals surface area (Å²) in [6.45, 7) is 15.4. The van der Waals surface area contributed by atoms with Gasteiger partial charge >= 0.3 is 17.9 Å². The molecule has 0 radical (unpaired) electrons. The Morgan fingerprint density at radius 1 is 0.963 bits per heavy atom. The maximum atomic E-state index is 13.3. The van der Waals surface area contributed by atoms with Crippen LogP contribution in [0.4, 0.5) is 0 Å². The molecule has 0 spiro atoms. The normalized spacial score (nSPS) is 36.0. The molecule has 3 fully saturated rings. The summed E-state index contributed by atoms with van der Waals surface area (Å²) in [4.78, 5) is 39.1. The highest BCUT2D eigenvalue weighted by atomic mass is 16.7. The number of cyclic esters (lactones) is 1. The maximum absolute atomic E-state index is 13.3. The Bertz CT molecular complexity index is 1470. The zero-order valence-electron chi connectivity index (χ0n) is 32.4. The van der Waals surface area contributed by atoms with Gasteiger partial charge in [0.25, 0.3) is 0 Å². The molecule has 4 heterocycles. The van der Waals surface area contributed by atoms with Gasteiger partial charge in [-0.15, -0.1) is 0 Å². The number of methoxy groups -OCH3 is 1. The maximum Gasteiger partial charge on any atom is 0.331 e. The van der Waals surface area contributed by atoms with E-state index in [0.29, 0.717) is 32.1 Å². The molecule has 4 aliphatic heterocycles. The summed E-state index contributed by atoms with van der Waals surface area (Å²) in [6, 6.07) is 0. The van der Waals surface area contributed by atoms with Gasteiger partial charge in [0, 0.05) is 36.8 Å². The lowest BCUT2D eigenvalue weighted by atomic mass is 9.74. The molecule has 54 heavy (non-hydrogen) atoms. The second kappa shape index (κ2) is 19.5. The van der Waals surface area contributed by atoms with E-state index >= 15 is 0 Å². The molecule has 0 amide bonds. The lowest BCUT2D eigenvalue weighted by molar-refractivity contribution is -0.327. The van der Waals surface area contributed by atoms with Crippen molar-refractivity contribution in [3.05, 3.63) is 72.4 Å². The van der Waals surface area contributed by atoms with Crippen LogP contribution < -0.4 is 0 Å². The summed E-state index contributed by atoms with van der Waals surface area (Å²) >= 11 is 0. The molecule has 12 nitrogen and oxygen atoms in total. The first-order chi connectivity index (χ1) is 25.5. The molecule has 0 aliphatic carbocycles. The Morgan fingerprint density at radius 2 is 1.63 bits per heavy atom. The lowest BCUT2D eigenvalue weighted by Crippen LogP contribution is -2.62. The molecule has 4 aliphatic rings. The summed E-state index contributed by atoms with van der Waals surface area (Å²) in [5.74, 6) is -4.56. The highest BCUT2D eigenvalue weighted by molar-refractivity contribution is 5.84. The lowest BCUT2D eigenvalue weighted by Gasteiger charge is -2.51. The number of carbonyl (C=O) groups is 3. The van der Waals surface area contributed by atoms with Gasteiger partial charge in [-0.3, -0.25) is 4.79 Å². The molecule has 1 unspecified atom stereocenters. The van der Waals surface area contributed by atoms with Crippen LogP contribution in [-0.4, -0.2) is 101 Å². The third-order valence-corrected chi connectivity index (χ3v) is 10.4. The molecule has 3 N–H and O–H groups in total. The third-order valence-electron chi connectivity index (χ3n) is 10.4. The van der Waals surface area contributed by atoms with Crippen molar-refractivity contribution in [2.75, 3.05) is 7.11 Å². The number of allylic oxidation sites excluding steroid dienone is 3. The van der Waals surface area contributed by atoms with E-state index in [4.69, 9.17) is 28.4 Å². The predicted molar refractivity (Wildman–Crippen MR) is 201 cm³/mol. The molecule has 0 aromatic carbocycles. The van der Waals surface area contributed by atoms with Crippen LogP contribution in [0.2, 0.25) is 0 Å². The Hall–Kier alpha value is -3.39. The summed E-state index contributed by atoms with van der Waals surface area (Å²) < 4.78 is 35.9. The van der Waals surface area contributed by atoms with Crippen molar-refractivity contribution in [2.24, 2.45) is 5.41 Å². The minimum atomic E-state index is -2.30. The average molecular weight is 757 g/mol. The fourth-order valence-corrected chi connectivity index (χ4v) is 7.55. The van der Waals surface area contributed by atoms with Crippen molar-refractivity contribution in [3.63, 3.8) is 0 Å². The fraction of sp³-hybridized carbons (Fsp3) is 0.643. The van der Waals surface area contributed by atoms with Crippen LogP contribution in [0.3, 0.4) is 0 Å². The molecule has 4 rings (SSSR count). The topological polar surface area (TPSA) is 167 Å². The van der Waals surface area contributed by atoms with Crippen LogP contribution in [0.1, 0.15) is 98.3 Å². The number of ether oxygens (including phenoxy) is 6. The number of hydrogen-bond acceptors (Lipinski definition) is 12. The number of fused-ring (bicyclic) bond motifs is 6. The van der Waals surface area contributed by atoms with Gasteiger partial charge in [0.15, 0.2) is 6.10 Å². The van der Waals surface area contributed by atoms with Gasteiger partial charge in [-0.1, -0.05) is 81.9 Å². The van der Waals surface area contributed by atoms with Crippen molar-refractivity contribution in [1.29, 1.82) is 0 Å². The van der Waals surface area contributed by atoms with E-state index in [0.717, 1.165) is 30.1 Å². The fourth-order valence-electron chi connectivity index (χ4n) is 7.55. The van der Waals surface area contributed by atoms with Crippen LogP contribution in [0.25, 0.3) is 0 Å². The summed E-state index contributed by atoms with van der Waals surface area (Å²) in [6.07, 6.45) is 8.57. The van der Waals surface area contributed by atoms with Crippen molar-refractivity contribution >= 4 is 17.9 Å². The van der Waals surface area contributed by atoms with E-state index in [-0.39, 0.29) is 49.6 Å². The predicted octanol–water partition coefficient (Wildman–Crippen LogP) is 5.41. The van der Waals surface area contributed by atoms with Gasteiger partial charge < -0.3 is 43.7 Å². The van der Waals surface area contributed by atoms with E-state index in [1.807, 2.05) is 19.1 Å². The van der Waals surface area contributed by atoms with Crippen LogP contribution >= 0.6 is 0 Å². The first-order valence-electron chi connectivity index (χ1n) is 19.1. The van der Waals surface area contributed by atoms with Gasteiger partial charge in [0.2, 0.25) is 5.79 Å². The van der Waals surface area contributed by atoms with Gasteiger partial charge in [-0.25, -0.2) is 9.59 Å². The largest absolute Gasteiger partial charge is 0.466 e. The molecule has 3 saturated heterocycles. The quantitative estimate of drug-likeness (QED) is 0.0996. The SMILES string of the molecule is C=C1CC2C[C@@H](O)CC(=O)O[C@@H]([C@@H](C)O)C[C@@H]3C/C(=C\C(=O)OC)[C@H](OC(=O)/C=C/C=C/CCC)[C@@](O)(O3)C(C)(C)/C=C/[C@H]3CC(=C)C[C@@H](C[C@@H](C1)O2)O3. The van der Waals surface area contributed by atoms with Crippen molar-refractivity contribution in [2.45, 2.75) is 159 Å². The number of esters is 3. The molecule has 0 aromatic rings. The monoisotopic (exact) mass is 756 g/mol. The van der Waals surface area contributed by atoms with Gasteiger partial charge in [0.1, 0.15) is 6.10 Å². The zero-order chi connectivity index (χ0) is 39.6. The number of hydrogen-bond donors (Lipinski definition) is 3. The number of rotatable bonds is 7. The Labute approximate surface area is 319 Å². The highest BCUT2D eigenvalue weighted by Gasteiger charge is 2.57. The van der Waals surface area contributed by atoms with Crippen LogP contribution in [-0.2, 0) is 42.8 Å². The highest BCUT2D eigenvalue weighted by Crippen LogP contribution is 2.47. The third kappa shape index (κ3) is 12.1. The van der Waals surface area contributed by atoms with Crippen LogP contribution in [0.15, 0.2) is 72.4 Å². The van der Waals surface area contributed by atoms with E-state index in [1.54, 1.807) is 26.0 Å². The number of aliphatic hydroxyl groups is 3. The number of unbranched alkanes of at least 4 members (excludes halogenated alkanes) is 1. The van der Waals surface area contributed by atoms with Crippen LogP contribution in [0.5, 0.6) is 0 Å². The Morgan fingerprint density at radius 3 is 2.30 bits per heavy atom. The minimum Gasteiger partial charge on any atom is -0.466 e. The van der Waals surface area contributed by atoms with E-state index in [2.05, 4.69) is 13.2 Å². The Kier molecular flexibility index (Phi) is 15.6. The molecule has 0 aromatic heterocycles. The summed E-state index contributed by atoms with van der Waals surface area (Å²) in [5, 5.41) is 34.4.